The molecule has 0 saturated heterocycles. The van der Waals surface area contributed by atoms with Gasteiger partial charge < -0.3 is 4.74 Å². The molecule has 0 atom stereocenters. The number of nitrogens with zero attached hydrogens (tertiary/aromatic N) is 2. The molecule has 3 heteroatoms. The van der Waals surface area contributed by atoms with E-state index in [0.717, 1.165) is 17.0 Å². The van der Waals surface area contributed by atoms with Gasteiger partial charge >= 0.3 is 0 Å². The Bertz CT molecular complexity index is 523. The standard InChI is InChI=1S/C12H10N2O/c1-8-2-3-10-9(4-8)6-15-11-5-13-7-14-12(10)11/h2-5,7H,6H2,1H3. The van der Waals surface area contributed by atoms with Crippen LogP contribution in [0.15, 0.2) is 30.7 Å². The molecule has 0 unspecified atom stereocenters. The van der Waals surface area contributed by atoms with Crippen LogP contribution in [-0.2, 0) is 6.61 Å². The van der Waals surface area contributed by atoms with Crippen LogP contribution in [0, 0.1) is 6.92 Å². The number of hydrogen-bond donors (Lipinski definition) is 0. The maximum atomic E-state index is 5.58. The Morgan fingerprint density at radius 1 is 1.33 bits per heavy atom. The Hall–Kier alpha value is -1.90. The summed E-state index contributed by atoms with van der Waals surface area (Å²) < 4.78 is 5.58. The van der Waals surface area contributed by atoms with Crippen LogP contribution in [0.3, 0.4) is 0 Å². The maximum Gasteiger partial charge on any atom is 0.164 e. The minimum Gasteiger partial charge on any atom is -0.485 e. The van der Waals surface area contributed by atoms with Crippen molar-refractivity contribution in [1.29, 1.82) is 0 Å². The lowest BCUT2D eigenvalue weighted by Crippen LogP contribution is -2.07. The van der Waals surface area contributed by atoms with E-state index < -0.39 is 0 Å². The van der Waals surface area contributed by atoms with Crippen molar-refractivity contribution in [2.75, 3.05) is 0 Å². The van der Waals surface area contributed by atoms with Gasteiger partial charge in [-0.25, -0.2) is 9.97 Å². The molecule has 74 valence electrons. The summed E-state index contributed by atoms with van der Waals surface area (Å²) in [7, 11) is 0. The molecular weight excluding hydrogens is 188 g/mol. The molecule has 2 aromatic rings. The monoisotopic (exact) mass is 198 g/mol. The number of aryl methyl sites for hydroxylation is 1. The SMILES string of the molecule is Cc1ccc2c(c1)COc1cncnc1-2. The smallest absolute Gasteiger partial charge is 0.164 e. The number of benzene rings is 1. The van der Waals surface area contributed by atoms with Gasteiger partial charge in [-0.1, -0.05) is 23.8 Å². The van der Waals surface area contributed by atoms with Crippen LogP contribution in [0.1, 0.15) is 11.1 Å². The van der Waals surface area contributed by atoms with Gasteiger partial charge in [0.2, 0.25) is 0 Å². The second kappa shape index (κ2) is 3.05. The van der Waals surface area contributed by atoms with Gasteiger partial charge in [0.15, 0.2) is 5.75 Å². The topological polar surface area (TPSA) is 35.0 Å². The Kier molecular flexibility index (Phi) is 1.71. The summed E-state index contributed by atoms with van der Waals surface area (Å²) in [6, 6.07) is 6.33. The molecule has 2 heterocycles. The second-order valence-corrected chi connectivity index (χ2v) is 3.68. The zero-order chi connectivity index (χ0) is 10.3. The van der Waals surface area contributed by atoms with E-state index in [2.05, 4.69) is 35.1 Å². The van der Waals surface area contributed by atoms with Crippen molar-refractivity contribution in [3.05, 3.63) is 41.9 Å². The molecule has 0 spiro atoms. The summed E-state index contributed by atoms with van der Waals surface area (Å²) >= 11 is 0. The van der Waals surface area contributed by atoms with Gasteiger partial charge in [0.25, 0.3) is 0 Å². The van der Waals surface area contributed by atoms with Crippen molar-refractivity contribution in [3.8, 4) is 17.0 Å². The zero-order valence-corrected chi connectivity index (χ0v) is 8.40. The fourth-order valence-corrected chi connectivity index (χ4v) is 1.85. The van der Waals surface area contributed by atoms with Gasteiger partial charge in [-0.3, -0.25) is 0 Å². The van der Waals surface area contributed by atoms with Crippen LogP contribution < -0.4 is 4.74 Å². The van der Waals surface area contributed by atoms with Crippen molar-refractivity contribution in [2.45, 2.75) is 13.5 Å². The molecule has 0 aliphatic carbocycles. The molecule has 0 amide bonds. The molecule has 0 saturated carbocycles. The van der Waals surface area contributed by atoms with E-state index in [4.69, 9.17) is 4.74 Å². The molecule has 1 aliphatic heterocycles. The highest BCUT2D eigenvalue weighted by Gasteiger charge is 2.17. The predicted octanol–water partition coefficient (Wildman–Crippen LogP) is 2.34. The number of hydrogen-bond acceptors (Lipinski definition) is 3. The molecule has 1 aromatic carbocycles. The number of rotatable bonds is 0. The first kappa shape index (κ1) is 8.41. The minimum absolute atomic E-state index is 0.609. The van der Waals surface area contributed by atoms with E-state index >= 15 is 0 Å². The van der Waals surface area contributed by atoms with E-state index in [0.29, 0.717) is 6.61 Å². The molecule has 3 nitrogen and oxygen atoms in total. The molecular formula is C12H10N2O. The summed E-state index contributed by atoms with van der Waals surface area (Å²) in [6.07, 6.45) is 3.27. The zero-order valence-electron chi connectivity index (χ0n) is 8.40. The van der Waals surface area contributed by atoms with Gasteiger partial charge in [0, 0.05) is 5.56 Å². The molecule has 1 aromatic heterocycles. The first-order valence-electron chi connectivity index (χ1n) is 4.87. The van der Waals surface area contributed by atoms with Crippen molar-refractivity contribution >= 4 is 0 Å². The van der Waals surface area contributed by atoms with Crippen LogP contribution in [0.4, 0.5) is 0 Å². The normalized spacial score (nSPS) is 12.6. The van der Waals surface area contributed by atoms with Crippen LogP contribution in [0.2, 0.25) is 0 Å². The van der Waals surface area contributed by atoms with Crippen LogP contribution in [0.25, 0.3) is 11.3 Å². The number of fused-ring (bicyclic) bond motifs is 3. The van der Waals surface area contributed by atoms with E-state index in [1.807, 2.05) is 0 Å². The summed E-state index contributed by atoms with van der Waals surface area (Å²) in [4.78, 5) is 8.21. The Labute approximate surface area is 87.8 Å². The Morgan fingerprint density at radius 3 is 3.20 bits per heavy atom. The van der Waals surface area contributed by atoms with E-state index in [1.54, 1.807) is 12.5 Å². The highest BCUT2D eigenvalue weighted by atomic mass is 16.5. The third kappa shape index (κ3) is 1.28. The van der Waals surface area contributed by atoms with Crippen LogP contribution in [-0.4, -0.2) is 9.97 Å². The summed E-state index contributed by atoms with van der Waals surface area (Å²) in [5, 5.41) is 0. The van der Waals surface area contributed by atoms with Crippen molar-refractivity contribution in [3.63, 3.8) is 0 Å². The second-order valence-electron chi connectivity index (χ2n) is 3.68. The molecule has 0 N–H and O–H groups in total. The van der Waals surface area contributed by atoms with Gasteiger partial charge in [0.05, 0.1) is 6.20 Å². The van der Waals surface area contributed by atoms with Gasteiger partial charge in [-0.05, 0) is 12.5 Å². The number of aromatic nitrogens is 2. The first-order chi connectivity index (χ1) is 7.34. The highest BCUT2D eigenvalue weighted by molar-refractivity contribution is 5.71. The lowest BCUT2D eigenvalue weighted by Gasteiger charge is -2.19. The fourth-order valence-electron chi connectivity index (χ4n) is 1.85. The van der Waals surface area contributed by atoms with E-state index in [9.17, 15) is 0 Å². The summed E-state index contributed by atoms with van der Waals surface area (Å²) in [5.41, 5.74) is 4.49. The highest BCUT2D eigenvalue weighted by Crippen LogP contribution is 2.34. The van der Waals surface area contributed by atoms with Gasteiger partial charge in [-0.15, -0.1) is 0 Å². The summed E-state index contributed by atoms with van der Waals surface area (Å²) in [6.45, 7) is 2.69. The predicted molar refractivity (Wildman–Crippen MR) is 56.5 cm³/mol. The van der Waals surface area contributed by atoms with Gasteiger partial charge in [-0.2, -0.15) is 0 Å². The van der Waals surface area contributed by atoms with E-state index in [1.165, 1.54) is 11.1 Å². The van der Waals surface area contributed by atoms with Crippen LogP contribution >= 0.6 is 0 Å². The average molecular weight is 198 g/mol. The fraction of sp³-hybridized carbons (Fsp3) is 0.167. The van der Waals surface area contributed by atoms with Crippen molar-refractivity contribution in [2.24, 2.45) is 0 Å². The van der Waals surface area contributed by atoms with Crippen LogP contribution in [0.5, 0.6) is 5.75 Å². The molecule has 0 fully saturated rings. The minimum atomic E-state index is 0.609. The van der Waals surface area contributed by atoms with E-state index in [-0.39, 0.29) is 0 Å². The third-order valence-electron chi connectivity index (χ3n) is 2.58. The number of ether oxygens (including phenoxy) is 1. The Morgan fingerprint density at radius 2 is 2.27 bits per heavy atom. The molecule has 0 bridgehead atoms. The van der Waals surface area contributed by atoms with Gasteiger partial charge in [0.1, 0.15) is 18.6 Å². The lowest BCUT2D eigenvalue weighted by molar-refractivity contribution is 0.299. The summed E-state index contributed by atoms with van der Waals surface area (Å²) in [5.74, 6) is 0.772. The maximum absolute atomic E-state index is 5.58. The molecule has 3 rings (SSSR count). The molecule has 15 heavy (non-hydrogen) atoms. The third-order valence-corrected chi connectivity index (χ3v) is 2.58. The van der Waals surface area contributed by atoms with Crippen molar-refractivity contribution in [1.82, 2.24) is 9.97 Å². The lowest BCUT2D eigenvalue weighted by atomic mass is 10.00. The largest absolute Gasteiger partial charge is 0.485 e. The van der Waals surface area contributed by atoms with Crippen molar-refractivity contribution < 1.29 is 4.74 Å². The average Bonchev–Trinajstić information content (AvgIpc) is 2.28. The molecule has 1 aliphatic rings. The first-order valence-corrected chi connectivity index (χ1v) is 4.87. The quantitative estimate of drug-likeness (QED) is 0.651. The Balaban J connectivity index is 2.26. The molecule has 0 radical (unpaired) electrons.